The van der Waals surface area contributed by atoms with E-state index in [0.29, 0.717) is 16.5 Å². The average Bonchev–Trinajstić information content (AvgIpc) is 2.68. The lowest BCUT2D eigenvalue weighted by Gasteiger charge is -2.35. The lowest BCUT2D eigenvalue weighted by Crippen LogP contribution is -2.50. The first-order valence-corrected chi connectivity index (χ1v) is 9.34. The van der Waals surface area contributed by atoms with Gasteiger partial charge in [0, 0.05) is 17.3 Å². The lowest BCUT2D eigenvalue weighted by atomic mass is 10.1. The highest BCUT2D eigenvalue weighted by Gasteiger charge is 2.31. The molecule has 2 aromatic carbocycles. The van der Waals surface area contributed by atoms with Crippen molar-refractivity contribution in [1.82, 2.24) is 5.32 Å². The first-order chi connectivity index (χ1) is 13.6. The first kappa shape index (κ1) is 19.9. The molecule has 1 unspecified atom stereocenters. The molecule has 2 amide bonds. The number of alkyl halides is 1. The van der Waals surface area contributed by atoms with E-state index < -0.39 is 12.8 Å². The highest BCUT2D eigenvalue weighted by molar-refractivity contribution is 6.30. The monoisotopic (exact) mass is 405 g/mol. The van der Waals surface area contributed by atoms with Crippen molar-refractivity contribution in [3.05, 3.63) is 53.6 Å². The maximum atomic E-state index is 12.5. The predicted octanol–water partition coefficient (Wildman–Crippen LogP) is 3.02. The van der Waals surface area contributed by atoms with Crippen LogP contribution in [-0.2, 0) is 9.59 Å². The summed E-state index contributed by atoms with van der Waals surface area (Å²) < 4.78 is 18.0. The summed E-state index contributed by atoms with van der Waals surface area (Å²) in [7, 11) is 0. The van der Waals surface area contributed by atoms with Gasteiger partial charge in [-0.15, -0.1) is 0 Å². The van der Waals surface area contributed by atoms with Crippen molar-refractivity contribution in [2.45, 2.75) is 12.5 Å². The molecular formula is C20H21ClFN3O3. The van der Waals surface area contributed by atoms with E-state index in [1.165, 1.54) is 0 Å². The molecule has 0 radical (unpaired) electrons. The van der Waals surface area contributed by atoms with E-state index in [2.05, 4.69) is 10.6 Å². The molecule has 8 heteroatoms. The van der Waals surface area contributed by atoms with Crippen molar-refractivity contribution in [2.75, 3.05) is 36.5 Å². The number of carbonyl (C=O) groups excluding carboxylic acids is 2. The molecule has 1 atom stereocenters. The van der Waals surface area contributed by atoms with Crippen LogP contribution >= 0.6 is 11.6 Å². The van der Waals surface area contributed by atoms with Crippen LogP contribution in [0.4, 0.5) is 15.8 Å². The predicted molar refractivity (Wildman–Crippen MR) is 107 cm³/mol. The van der Waals surface area contributed by atoms with Gasteiger partial charge in [-0.3, -0.25) is 14.0 Å². The minimum absolute atomic E-state index is 0.0428. The number of nitrogens with zero attached hydrogens (tertiary/aromatic N) is 1. The highest BCUT2D eigenvalue weighted by atomic mass is 35.5. The van der Waals surface area contributed by atoms with Gasteiger partial charge >= 0.3 is 0 Å². The van der Waals surface area contributed by atoms with Gasteiger partial charge in [-0.25, -0.2) is 0 Å². The summed E-state index contributed by atoms with van der Waals surface area (Å²) in [6.07, 6.45) is -0.533. The third-order valence-corrected chi connectivity index (χ3v) is 4.44. The molecule has 0 saturated heterocycles. The van der Waals surface area contributed by atoms with Crippen molar-refractivity contribution in [1.29, 1.82) is 0 Å². The van der Waals surface area contributed by atoms with Crippen LogP contribution < -0.4 is 20.3 Å². The van der Waals surface area contributed by atoms with E-state index >= 15 is 0 Å². The van der Waals surface area contributed by atoms with Gasteiger partial charge < -0.3 is 20.3 Å². The van der Waals surface area contributed by atoms with Crippen LogP contribution in [0, 0.1) is 0 Å². The summed E-state index contributed by atoms with van der Waals surface area (Å²) >= 11 is 5.95. The number of para-hydroxylation sites is 2. The van der Waals surface area contributed by atoms with Crippen LogP contribution in [0.3, 0.4) is 0 Å². The molecule has 1 heterocycles. The molecule has 0 spiro atoms. The molecule has 0 bridgehead atoms. The summed E-state index contributed by atoms with van der Waals surface area (Å²) in [5, 5.41) is 5.98. The van der Waals surface area contributed by atoms with E-state index in [4.69, 9.17) is 16.3 Å². The highest BCUT2D eigenvalue weighted by Crippen LogP contribution is 2.33. The first-order valence-electron chi connectivity index (χ1n) is 8.96. The molecule has 148 valence electrons. The van der Waals surface area contributed by atoms with Crippen LogP contribution in [0.1, 0.15) is 6.42 Å². The standard InChI is InChI=1S/C20H21ClFN3O3/c21-14-5-3-6-15(11-14)24-19(26)13-25-12-18(20(27)23-10-4-9-22)28-17-8-2-1-7-16(17)25/h1-3,5-8,11,18H,4,9-10,12-13H2,(H,23,27)(H,24,26). The van der Waals surface area contributed by atoms with Gasteiger partial charge in [0.25, 0.3) is 5.91 Å². The van der Waals surface area contributed by atoms with Gasteiger partial charge in [0.05, 0.1) is 25.5 Å². The van der Waals surface area contributed by atoms with E-state index in [1.54, 1.807) is 41.3 Å². The van der Waals surface area contributed by atoms with Crippen LogP contribution in [0.5, 0.6) is 5.75 Å². The zero-order valence-electron chi connectivity index (χ0n) is 15.2. The van der Waals surface area contributed by atoms with Crippen LogP contribution in [0.15, 0.2) is 48.5 Å². The molecule has 1 aliphatic rings. The Kier molecular flexibility index (Phi) is 6.71. The second kappa shape index (κ2) is 9.41. The Morgan fingerprint density at radius 3 is 2.82 bits per heavy atom. The SMILES string of the molecule is O=C(CN1CC(C(=O)NCCCF)Oc2ccccc21)Nc1cccc(Cl)c1. The normalized spacial score (nSPS) is 15.4. The van der Waals surface area contributed by atoms with E-state index in [9.17, 15) is 14.0 Å². The Bertz CT molecular complexity index is 849. The summed E-state index contributed by atoms with van der Waals surface area (Å²) in [6, 6.07) is 14.1. The molecule has 2 aromatic rings. The Labute approximate surface area is 167 Å². The van der Waals surface area contributed by atoms with E-state index in [-0.39, 0.29) is 37.9 Å². The molecule has 2 N–H and O–H groups in total. The Morgan fingerprint density at radius 2 is 2.04 bits per heavy atom. The van der Waals surface area contributed by atoms with Crippen LogP contribution in [0.25, 0.3) is 0 Å². The number of fused-ring (bicyclic) bond motifs is 1. The van der Waals surface area contributed by atoms with Gasteiger partial charge in [-0.05, 0) is 36.8 Å². The molecule has 0 aliphatic carbocycles. The second-order valence-electron chi connectivity index (χ2n) is 6.35. The van der Waals surface area contributed by atoms with Gasteiger partial charge in [0.2, 0.25) is 5.91 Å². The van der Waals surface area contributed by atoms with Crippen molar-refractivity contribution >= 4 is 34.8 Å². The van der Waals surface area contributed by atoms with Gasteiger partial charge in [-0.2, -0.15) is 0 Å². The average molecular weight is 406 g/mol. The van der Waals surface area contributed by atoms with Crippen molar-refractivity contribution in [3.63, 3.8) is 0 Å². The molecule has 0 saturated carbocycles. The van der Waals surface area contributed by atoms with E-state index in [0.717, 1.165) is 5.69 Å². The molecule has 28 heavy (non-hydrogen) atoms. The zero-order chi connectivity index (χ0) is 19.9. The number of rotatable bonds is 7. The number of hydrogen-bond acceptors (Lipinski definition) is 4. The fraction of sp³-hybridized carbons (Fsp3) is 0.300. The van der Waals surface area contributed by atoms with E-state index in [1.807, 2.05) is 12.1 Å². The van der Waals surface area contributed by atoms with Gasteiger partial charge in [-0.1, -0.05) is 29.8 Å². The number of ether oxygens (including phenoxy) is 1. The molecule has 0 fully saturated rings. The zero-order valence-corrected chi connectivity index (χ0v) is 15.9. The number of anilines is 2. The fourth-order valence-corrected chi connectivity index (χ4v) is 3.12. The smallest absolute Gasteiger partial charge is 0.262 e. The number of hydrogen-bond donors (Lipinski definition) is 2. The quantitative estimate of drug-likeness (QED) is 0.695. The minimum Gasteiger partial charge on any atom is -0.477 e. The summed E-state index contributed by atoms with van der Waals surface area (Å²) in [4.78, 5) is 26.6. The Balaban J connectivity index is 1.69. The Hall–Kier alpha value is -2.80. The van der Waals surface area contributed by atoms with Gasteiger partial charge in [0.1, 0.15) is 5.75 Å². The van der Waals surface area contributed by atoms with Crippen molar-refractivity contribution in [2.24, 2.45) is 0 Å². The topological polar surface area (TPSA) is 70.7 Å². The van der Waals surface area contributed by atoms with Crippen LogP contribution in [-0.4, -0.2) is 44.2 Å². The summed E-state index contributed by atoms with van der Waals surface area (Å²) in [5.74, 6) is -0.0475. The number of halogens is 2. The molecular weight excluding hydrogens is 385 g/mol. The summed E-state index contributed by atoms with van der Waals surface area (Å²) in [6.45, 7) is -0.000880. The number of nitrogens with one attached hydrogen (secondary N) is 2. The van der Waals surface area contributed by atoms with Crippen molar-refractivity contribution < 1.29 is 18.7 Å². The van der Waals surface area contributed by atoms with Crippen molar-refractivity contribution in [3.8, 4) is 5.75 Å². The largest absolute Gasteiger partial charge is 0.477 e. The number of amides is 2. The van der Waals surface area contributed by atoms with Gasteiger partial charge in [0.15, 0.2) is 6.10 Å². The molecule has 3 rings (SSSR count). The fourth-order valence-electron chi connectivity index (χ4n) is 2.93. The maximum Gasteiger partial charge on any atom is 0.262 e. The minimum atomic E-state index is -0.784. The molecule has 0 aromatic heterocycles. The molecule has 6 nitrogen and oxygen atoms in total. The molecule has 1 aliphatic heterocycles. The number of carbonyl (C=O) groups is 2. The second-order valence-corrected chi connectivity index (χ2v) is 6.78. The third-order valence-electron chi connectivity index (χ3n) is 4.21. The lowest BCUT2D eigenvalue weighted by molar-refractivity contribution is -0.128. The number of benzene rings is 2. The Morgan fingerprint density at radius 1 is 1.21 bits per heavy atom. The van der Waals surface area contributed by atoms with Crippen LogP contribution in [0.2, 0.25) is 5.02 Å². The summed E-state index contributed by atoms with van der Waals surface area (Å²) in [5.41, 5.74) is 1.33. The third kappa shape index (κ3) is 5.13. The maximum absolute atomic E-state index is 12.5.